The number of aromatic nitrogens is 2. The summed E-state index contributed by atoms with van der Waals surface area (Å²) >= 11 is 6.57. The standard InChI is InChI=1S/C24H23ClN2O4S/c1-16-20-22(26-31-16)21-18(25)11-8-12-19(21)27(23(20)28)24(13-6-3-7-14-24)15-32(29,30)17-9-4-2-5-10-17/h2,4-5,8-12H,3,6-7,13-15H2,1H3. The molecule has 32 heavy (non-hydrogen) atoms. The van der Waals surface area contributed by atoms with Crippen molar-refractivity contribution < 1.29 is 12.9 Å². The number of fused-ring (bicyclic) bond motifs is 3. The van der Waals surface area contributed by atoms with Crippen LogP contribution in [-0.2, 0) is 15.4 Å². The van der Waals surface area contributed by atoms with Crippen molar-refractivity contribution in [1.29, 1.82) is 0 Å². The summed E-state index contributed by atoms with van der Waals surface area (Å²) in [7, 11) is -3.64. The molecule has 0 N–H and O–H groups in total. The number of sulfone groups is 1. The lowest BCUT2D eigenvalue weighted by Crippen LogP contribution is -2.47. The summed E-state index contributed by atoms with van der Waals surface area (Å²) in [6, 6.07) is 13.8. The second-order valence-corrected chi connectivity index (χ2v) is 11.0. The van der Waals surface area contributed by atoms with E-state index in [0.29, 0.717) is 45.4 Å². The molecule has 0 bridgehead atoms. The molecule has 4 aromatic rings. The maximum Gasteiger partial charge on any atom is 0.264 e. The molecule has 5 rings (SSSR count). The smallest absolute Gasteiger partial charge is 0.264 e. The third-order valence-electron chi connectivity index (χ3n) is 6.57. The highest BCUT2D eigenvalue weighted by Gasteiger charge is 2.41. The van der Waals surface area contributed by atoms with Gasteiger partial charge in [0.05, 0.1) is 26.7 Å². The summed E-state index contributed by atoms with van der Waals surface area (Å²) in [5.41, 5.74) is -0.154. The van der Waals surface area contributed by atoms with Crippen molar-refractivity contribution in [2.24, 2.45) is 0 Å². The van der Waals surface area contributed by atoms with Gasteiger partial charge in [-0.3, -0.25) is 4.79 Å². The van der Waals surface area contributed by atoms with Gasteiger partial charge in [-0.15, -0.1) is 0 Å². The Kier molecular flexibility index (Phi) is 5.13. The zero-order valence-corrected chi connectivity index (χ0v) is 19.2. The molecule has 0 radical (unpaired) electrons. The van der Waals surface area contributed by atoms with E-state index in [4.69, 9.17) is 16.1 Å². The van der Waals surface area contributed by atoms with Gasteiger partial charge >= 0.3 is 0 Å². The first-order valence-electron chi connectivity index (χ1n) is 10.7. The topological polar surface area (TPSA) is 82.2 Å². The zero-order valence-electron chi connectivity index (χ0n) is 17.7. The van der Waals surface area contributed by atoms with E-state index in [1.807, 2.05) is 6.07 Å². The fraction of sp³-hybridized carbons (Fsp3) is 0.333. The summed E-state index contributed by atoms with van der Waals surface area (Å²) in [4.78, 5) is 14.2. The number of rotatable bonds is 4. The molecule has 2 aromatic carbocycles. The Bertz CT molecular complexity index is 1480. The van der Waals surface area contributed by atoms with E-state index in [-0.39, 0.29) is 16.2 Å². The average Bonchev–Trinajstić information content (AvgIpc) is 3.16. The van der Waals surface area contributed by atoms with Crippen molar-refractivity contribution >= 4 is 43.2 Å². The Morgan fingerprint density at radius 1 is 1.03 bits per heavy atom. The van der Waals surface area contributed by atoms with Crippen molar-refractivity contribution in [2.75, 3.05) is 5.75 Å². The third kappa shape index (κ3) is 3.26. The molecule has 8 heteroatoms. The van der Waals surface area contributed by atoms with Gasteiger partial charge in [-0.25, -0.2) is 8.42 Å². The minimum Gasteiger partial charge on any atom is -0.360 e. The van der Waals surface area contributed by atoms with Gasteiger partial charge in [0, 0.05) is 5.39 Å². The van der Waals surface area contributed by atoms with Crippen molar-refractivity contribution in [3.8, 4) is 0 Å². The molecule has 1 fully saturated rings. The number of benzene rings is 2. The third-order valence-corrected chi connectivity index (χ3v) is 8.79. The molecule has 0 saturated heterocycles. The average molecular weight is 471 g/mol. The van der Waals surface area contributed by atoms with E-state index in [9.17, 15) is 13.2 Å². The molecule has 0 amide bonds. The minimum atomic E-state index is -3.64. The number of pyridine rings is 1. The van der Waals surface area contributed by atoms with Crippen LogP contribution in [0.25, 0.3) is 21.8 Å². The molecular formula is C24H23ClN2O4S. The van der Waals surface area contributed by atoms with Crippen LogP contribution in [0.2, 0.25) is 5.02 Å². The van der Waals surface area contributed by atoms with E-state index in [2.05, 4.69) is 5.16 Å². The Balaban J connectivity index is 1.84. The van der Waals surface area contributed by atoms with Gasteiger partial charge in [-0.2, -0.15) is 0 Å². The van der Waals surface area contributed by atoms with Gasteiger partial charge in [0.25, 0.3) is 5.56 Å². The van der Waals surface area contributed by atoms with Gasteiger partial charge < -0.3 is 9.09 Å². The second kappa shape index (κ2) is 7.74. The molecular weight excluding hydrogens is 448 g/mol. The molecule has 1 aliphatic rings. The Labute approximate surface area is 190 Å². The van der Waals surface area contributed by atoms with Crippen LogP contribution in [0.5, 0.6) is 0 Å². The summed E-state index contributed by atoms with van der Waals surface area (Å²) in [5.74, 6) is 0.249. The first-order chi connectivity index (χ1) is 15.3. The lowest BCUT2D eigenvalue weighted by Gasteiger charge is -2.40. The van der Waals surface area contributed by atoms with Crippen LogP contribution in [0.15, 0.2) is 62.7 Å². The highest BCUT2D eigenvalue weighted by Crippen LogP contribution is 2.40. The molecule has 2 aromatic heterocycles. The maximum atomic E-state index is 13.9. The van der Waals surface area contributed by atoms with Gasteiger partial charge in [-0.05, 0) is 44.0 Å². The summed E-state index contributed by atoms with van der Waals surface area (Å²) in [5, 5.41) is 5.53. The Morgan fingerprint density at radius 2 is 1.75 bits per heavy atom. The molecule has 1 saturated carbocycles. The highest BCUT2D eigenvalue weighted by atomic mass is 35.5. The van der Waals surface area contributed by atoms with Crippen LogP contribution >= 0.6 is 11.6 Å². The SMILES string of the molecule is Cc1onc2c1c(=O)n(C1(CS(=O)(=O)c3ccccc3)CCCCC1)c1cccc(Cl)c21. The van der Waals surface area contributed by atoms with E-state index < -0.39 is 15.4 Å². The Morgan fingerprint density at radius 3 is 2.47 bits per heavy atom. The molecule has 2 heterocycles. The van der Waals surface area contributed by atoms with Crippen molar-refractivity contribution in [1.82, 2.24) is 9.72 Å². The minimum absolute atomic E-state index is 0.151. The summed E-state index contributed by atoms with van der Waals surface area (Å²) < 4.78 is 34.0. The Hall–Kier alpha value is -2.64. The first-order valence-corrected chi connectivity index (χ1v) is 12.7. The van der Waals surface area contributed by atoms with E-state index >= 15 is 0 Å². The van der Waals surface area contributed by atoms with Gasteiger partial charge in [0.1, 0.15) is 16.7 Å². The highest BCUT2D eigenvalue weighted by molar-refractivity contribution is 7.91. The van der Waals surface area contributed by atoms with Crippen molar-refractivity contribution in [2.45, 2.75) is 49.5 Å². The number of aryl methyl sites for hydroxylation is 1. The van der Waals surface area contributed by atoms with E-state index in [0.717, 1.165) is 19.3 Å². The van der Waals surface area contributed by atoms with Crippen LogP contribution in [0, 0.1) is 6.92 Å². The quantitative estimate of drug-likeness (QED) is 0.407. The summed E-state index contributed by atoms with van der Waals surface area (Å²) in [6.45, 7) is 1.69. The molecule has 0 aliphatic heterocycles. The van der Waals surface area contributed by atoms with Crippen molar-refractivity contribution in [3.63, 3.8) is 0 Å². The second-order valence-electron chi connectivity index (χ2n) is 8.59. The molecule has 0 atom stereocenters. The fourth-order valence-corrected chi connectivity index (χ4v) is 7.25. The van der Waals surface area contributed by atoms with E-state index in [1.165, 1.54) is 0 Å². The number of nitrogens with zero attached hydrogens (tertiary/aromatic N) is 2. The van der Waals surface area contributed by atoms with Crippen LogP contribution in [0.1, 0.15) is 37.9 Å². The maximum absolute atomic E-state index is 13.9. The predicted molar refractivity (Wildman–Crippen MR) is 125 cm³/mol. The van der Waals surface area contributed by atoms with Crippen LogP contribution in [-0.4, -0.2) is 23.9 Å². The first kappa shape index (κ1) is 21.2. The molecule has 166 valence electrons. The summed E-state index contributed by atoms with van der Waals surface area (Å²) in [6.07, 6.45) is 3.89. The molecule has 6 nitrogen and oxygen atoms in total. The fourth-order valence-electron chi connectivity index (χ4n) is 5.13. The van der Waals surface area contributed by atoms with Gasteiger partial charge in [-0.1, -0.05) is 60.3 Å². The molecule has 0 spiro atoms. The lowest BCUT2D eigenvalue weighted by molar-refractivity contribution is 0.223. The number of hydrogen-bond acceptors (Lipinski definition) is 5. The molecule has 0 unspecified atom stereocenters. The molecule has 1 aliphatic carbocycles. The number of halogens is 1. The van der Waals surface area contributed by atoms with Gasteiger partial charge in [0.2, 0.25) is 0 Å². The van der Waals surface area contributed by atoms with Crippen LogP contribution in [0.4, 0.5) is 0 Å². The number of hydrogen-bond donors (Lipinski definition) is 0. The monoisotopic (exact) mass is 470 g/mol. The predicted octanol–water partition coefficient (Wildman–Crippen LogP) is 5.24. The van der Waals surface area contributed by atoms with E-state index in [1.54, 1.807) is 54.0 Å². The zero-order chi connectivity index (χ0) is 22.5. The lowest BCUT2D eigenvalue weighted by atomic mass is 9.82. The van der Waals surface area contributed by atoms with Crippen LogP contribution < -0.4 is 5.56 Å². The van der Waals surface area contributed by atoms with Crippen molar-refractivity contribution in [3.05, 3.63) is 69.7 Å². The van der Waals surface area contributed by atoms with Crippen LogP contribution in [0.3, 0.4) is 0 Å². The normalized spacial score (nSPS) is 16.6. The largest absolute Gasteiger partial charge is 0.360 e. The van der Waals surface area contributed by atoms with Gasteiger partial charge in [0.15, 0.2) is 9.84 Å².